The number of benzene rings is 2. The number of aryl methyl sites for hydroxylation is 1. The first kappa shape index (κ1) is 18.5. The molecular formula is C23H25N3O2S. The van der Waals surface area contributed by atoms with Crippen LogP contribution in [0.4, 0.5) is 5.69 Å². The molecule has 1 saturated heterocycles. The Hall–Kier alpha value is -2.57. The minimum Gasteiger partial charge on any atom is -0.454 e. The van der Waals surface area contributed by atoms with Crippen LogP contribution in [0.3, 0.4) is 0 Å². The first-order valence-electron chi connectivity index (χ1n) is 10.1. The molecule has 2 aliphatic rings. The summed E-state index contributed by atoms with van der Waals surface area (Å²) < 4.78 is 10.9. The molecule has 3 heterocycles. The number of hydrogen-bond donors (Lipinski definition) is 0. The zero-order valence-electron chi connectivity index (χ0n) is 16.8. The molecule has 0 radical (unpaired) electrons. The number of fused-ring (bicyclic) bond motifs is 1. The van der Waals surface area contributed by atoms with Gasteiger partial charge in [-0.05, 0) is 44.2 Å². The number of ether oxygens (including phenoxy) is 2. The number of rotatable bonds is 4. The van der Waals surface area contributed by atoms with E-state index in [1.807, 2.05) is 12.1 Å². The Morgan fingerprint density at radius 2 is 1.90 bits per heavy atom. The molecule has 1 fully saturated rings. The molecule has 0 amide bonds. The highest BCUT2D eigenvalue weighted by atomic mass is 32.1. The van der Waals surface area contributed by atoms with Gasteiger partial charge in [-0.2, -0.15) is 0 Å². The van der Waals surface area contributed by atoms with Crippen molar-refractivity contribution in [2.24, 2.45) is 0 Å². The molecule has 1 aromatic heterocycles. The third-order valence-corrected chi connectivity index (χ3v) is 6.57. The van der Waals surface area contributed by atoms with Crippen molar-refractivity contribution in [3.05, 3.63) is 59.1 Å². The lowest BCUT2D eigenvalue weighted by Crippen LogP contribution is -2.51. The Kier molecular flexibility index (Phi) is 4.89. The van der Waals surface area contributed by atoms with E-state index in [4.69, 9.17) is 14.5 Å². The maximum Gasteiger partial charge on any atom is 0.231 e. The Morgan fingerprint density at radius 3 is 2.72 bits per heavy atom. The minimum absolute atomic E-state index is 0.300. The van der Waals surface area contributed by atoms with E-state index in [9.17, 15) is 0 Å². The first-order valence-corrected chi connectivity index (χ1v) is 10.9. The highest BCUT2D eigenvalue weighted by Gasteiger charge is 2.24. The maximum atomic E-state index is 5.50. The van der Waals surface area contributed by atoms with E-state index >= 15 is 0 Å². The van der Waals surface area contributed by atoms with Gasteiger partial charge in [0.1, 0.15) is 5.01 Å². The van der Waals surface area contributed by atoms with Gasteiger partial charge in [-0.1, -0.05) is 17.7 Å². The third-order valence-electron chi connectivity index (χ3n) is 5.63. The summed E-state index contributed by atoms with van der Waals surface area (Å²) in [5.74, 6) is 1.62. The van der Waals surface area contributed by atoms with Gasteiger partial charge in [0.05, 0.1) is 5.69 Å². The van der Waals surface area contributed by atoms with Crippen LogP contribution in [-0.4, -0.2) is 42.4 Å². The van der Waals surface area contributed by atoms with E-state index in [2.05, 4.69) is 59.4 Å². The van der Waals surface area contributed by atoms with Gasteiger partial charge in [-0.15, -0.1) is 11.3 Å². The number of piperazine rings is 1. The predicted molar refractivity (Wildman–Crippen MR) is 117 cm³/mol. The smallest absolute Gasteiger partial charge is 0.231 e. The normalized spacial score (nSPS) is 19.0. The van der Waals surface area contributed by atoms with E-state index in [0.717, 1.165) is 53.9 Å². The molecule has 2 aromatic carbocycles. The second-order valence-electron chi connectivity index (χ2n) is 7.83. The fraction of sp³-hybridized carbons (Fsp3) is 0.348. The van der Waals surface area contributed by atoms with Gasteiger partial charge in [-0.25, -0.2) is 4.98 Å². The quantitative estimate of drug-likeness (QED) is 0.634. The third kappa shape index (κ3) is 3.82. The molecule has 5 rings (SSSR count). The Labute approximate surface area is 175 Å². The van der Waals surface area contributed by atoms with Gasteiger partial charge >= 0.3 is 0 Å². The van der Waals surface area contributed by atoms with Crippen LogP contribution >= 0.6 is 11.3 Å². The van der Waals surface area contributed by atoms with Crippen LogP contribution in [0.5, 0.6) is 11.5 Å². The molecule has 3 aromatic rings. The van der Waals surface area contributed by atoms with Crippen molar-refractivity contribution in [3.63, 3.8) is 0 Å². The van der Waals surface area contributed by atoms with Crippen LogP contribution < -0.4 is 14.4 Å². The zero-order valence-corrected chi connectivity index (χ0v) is 17.6. The lowest BCUT2D eigenvalue weighted by atomic mass is 10.1. The Morgan fingerprint density at radius 1 is 1.07 bits per heavy atom. The molecule has 29 heavy (non-hydrogen) atoms. The number of nitrogens with zero attached hydrogens (tertiary/aromatic N) is 3. The molecule has 0 bridgehead atoms. The van der Waals surface area contributed by atoms with Crippen LogP contribution in [-0.2, 0) is 6.54 Å². The summed E-state index contributed by atoms with van der Waals surface area (Å²) in [4.78, 5) is 9.90. The van der Waals surface area contributed by atoms with Crippen LogP contribution in [0.1, 0.15) is 18.2 Å². The molecule has 5 nitrogen and oxygen atoms in total. The standard InChI is InChI=1S/C23H25N3O2S/c1-16-3-6-20(7-4-16)26-10-9-25(12-17(26)2)13-19-14-29-23(24-19)18-5-8-21-22(11-18)28-15-27-21/h3-8,11,14,17H,9-10,12-13,15H2,1-2H3/t17-/m0/s1. The molecule has 0 N–H and O–H groups in total. The minimum atomic E-state index is 0.300. The molecule has 1 atom stereocenters. The van der Waals surface area contributed by atoms with E-state index < -0.39 is 0 Å². The Bertz CT molecular complexity index is 1000. The predicted octanol–water partition coefficient (Wildman–Crippen LogP) is 4.56. The first-order chi connectivity index (χ1) is 14.2. The van der Waals surface area contributed by atoms with Crippen LogP contribution in [0, 0.1) is 6.92 Å². The molecule has 0 spiro atoms. The van der Waals surface area contributed by atoms with Crippen molar-refractivity contribution in [1.29, 1.82) is 0 Å². The molecule has 0 aliphatic carbocycles. The average Bonchev–Trinajstić information content (AvgIpc) is 3.38. The van der Waals surface area contributed by atoms with Gasteiger partial charge in [-0.3, -0.25) is 4.90 Å². The highest BCUT2D eigenvalue weighted by Crippen LogP contribution is 2.36. The van der Waals surface area contributed by atoms with E-state index in [1.54, 1.807) is 11.3 Å². The van der Waals surface area contributed by atoms with Gasteiger partial charge in [0.25, 0.3) is 0 Å². The fourth-order valence-electron chi connectivity index (χ4n) is 4.07. The molecule has 0 saturated carbocycles. The van der Waals surface area contributed by atoms with Crippen molar-refractivity contribution >= 4 is 17.0 Å². The van der Waals surface area contributed by atoms with E-state index in [1.165, 1.54) is 11.3 Å². The van der Waals surface area contributed by atoms with Crippen molar-refractivity contribution in [2.75, 3.05) is 31.3 Å². The van der Waals surface area contributed by atoms with Gasteiger partial charge in [0, 0.05) is 48.9 Å². The van der Waals surface area contributed by atoms with E-state index in [0.29, 0.717) is 12.8 Å². The van der Waals surface area contributed by atoms with Gasteiger partial charge in [0.2, 0.25) is 6.79 Å². The van der Waals surface area contributed by atoms with E-state index in [-0.39, 0.29) is 0 Å². The SMILES string of the molecule is Cc1ccc(N2CCN(Cc3csc(-c4ccc5c(c4)OCO5)n3)C[C@@H]2C)cc1. The van der Waals surface area contributed by atoms with Crippen molar-refractivity contribution in [3.8, 4) is 22.1 Å². The monoisotopic (exact) mass is 407 g/mol. The molecular weight excluding hydrogens is 382 g/mol. The summed E-state index contributed by atoms with van der Waals surface area (Å²) in [6, 6.07) is 15.4. The zero-order chi connectivity index (χ0) is 19.8. The van der Waals surface area contributed by atoms with Gasteiger partial charge in [0.15, 0.2) is 11.5 Å². The largest absolute Gasteiger partial charge is 0.454 e. The summed E-state index contributed by atoms with van der Waals surface area (Å²) in [6.07, 6.45) is 0. The molecule has 2 aliphatic heterocycles. The van der Waals surface area contributed by atoms with Crippen LogP contribution in [0.2, 0.25) is 0 Å². The summed E-state index contributed by atoms with van der Waals surface area (Å²) in [6.45, 7) is 8.78. The lowest BCUT2D eigenvalue weighted by molar-refractivity contribution is 0.174. The van der Waals surface area contributed by atoms with Crippen LogP contribution in [0.15, 0.2) is 47.8 Å². The second-order valence-corrected chi connectivity index (χ2v) is 8.68. The molecule has 6 heteroatoms. The van der Waals surface area contributed by atoms with Crippen molar-refractivity contribution in [1.82, 2.24) is 9.88 Å². The number of thiazole rings is 1. The van der Waals surface area contributed by atoms with Crippen molar-refractivity contribution < 1.29 is 9.47 Å². The second kappa shape index (κ2) is 7.69. The lowest BCUT2D eigenvalue weighted by Gasteiger charge is -2.41. The van der Waals surface area contributed by atoms with Gasteiger partial charge < -0.3 is 14.4 Å². The van der Waals surface area contributed by atoms with Crippen molar-refractivity contribution in [2.45, 2.75) is 26.4 Å². The highest BCUT2D eigenvalue weighted by molar-refractivity contribution is 7.13. The molecule has 0 unspecified atom stereocenters. The summed E-state index contributed by atoms with van der Waals surface area (Å²) >= 11 is 1.69. The fourth-order valence-corrected chi connectivity index (χ4v) is 4.88. The number of anilines is 1. The maximum absolute atomic E-state index is 5.50. The number of hydrogen-bond acceptors (Lipinski definition) is 6. The topological polar surface area (TPSA) is 37.8 Å². The summed E-state index contributed by atoms with van der Waals surface area (Å²) in [5, 5.41) is 3.21. The summed E-state index contributed by atoms with van der Waals surface area (Å²) in [7, 11) is 0. The Balaban J connectivity index is 1.23. The summed E-state index contributed by atoms with van der Waals surface area (Å²) in [5.41, 5.74) is 4.85. The van der Waals surface area contributed by atoms with Crippen LogP contribution in [0.25, 0.3) is 10.6 Å². The average molecular weight is 408 g/mol. The molecule has 150 valence electrons. The number of aromatic nitrogens is 1.